The maximum atomic E-state index is 6.28. The summed E-state index contributed by atoms with van der Waals surface area (Å²) < 4.78 is 5.41. The van der Waals surface area contributed by atoms with Crippen LogP contribution in [0.2, 0.25) is 0 Å². The summed E-state index contributed by atoms with van der Waals surface area (Å²) in [6.45, 7) is 8.15. The lowest BCUT2D eigenvalue weighted by molar-refractivity contribution is 0.105. The Hall–Kier alpha value is -0.120. The zero-order chi connectivity index (χ0) is 13.4. The molecule has 0 bridgehead atoms. The van der Waals surface area contributed by atoms with Crippen LogP contribution in [0.5, 0.6) is 0 Å². The van der Waals surface area contributed by atoms with Gasteiger partial charge in [-0.3, -0.25) is 0 Å². The summed E-state index contributed by atoms with van der Waals surface area (Å²) in [5, 5.41) is 0. The molecule has 0 aliphatic heterocycles. The summed E-state index contributed by atoms with van der Waals surface area (Å²) in [6, 6.07) is 0.410. The van der Waals surface area contributed by atoms with Crippen LogP contribution in [0.15, 0.2) is 0 Å². The van der Waals surface area contributed by atoms with Crippen LogP contribution in [0.4, 0.5) is 0 Å². The van der Waals surface area contributed by atoms with E-state index >= 15 is 0 Å². The Morgan fingerprint density at radius 1 is 1.28 bits per heavy atom. The van der Waals surface area contributed by atoms with Gasteiger partial charge in [-0.25, -0.2) is 0 Å². The first-order valence-electron chi connectivity index (χ1n) is 7.69. The molecule has 1 rings (SSSR count). The molecule has 3 heteroatoms. The van der Waals surface area contributed by atoms with Crippen LogP contribution < -0.4 is 5.73 Å². The fraction of sp³-hybridized carbons (Fsp3) is 1.00. The van der Waals surface area contributed by atoms with Crippen molar-refractivity contribution in [3.63, 3.8) is 0 Å². The van der Waals surface area contributed by atoms with Crippen molar-refractivity contribution in [1.82, 2.24) is 4.90 Å². The second-order valence-electron chi connectivity index (χ2n) is 5.85. The van der Waals surface area contributed by atoms with E-state index in [0.29, 0.717) is 12.0 Å². The molecule has 1 fully saturated rings. The molecule has 1 aliphatic rings. The molecule has 0 spiro atoms. The normalized spacial score (nSPS) is 28.8. The Morgan fingerprint density at radius 2 is 2.06 bits per heavy atom. The average Bonchev–Trinajstić information content (AvgIpc) is 2.34. The Bertz CT molecular complexity index is 211. The third-order valence-electron chi connectivity index (χ3n) is 4.21. The highest BCUT2D eigenvalue weighted by Gasteiger charge is 2.28. The van der Waals surface area contributed by atoms with Crippen molar-refractivity contribution in [3.05, 3.63) is 0 Å². The van der Waals surface area contributed by atoms with Crippen molar-refractivity contribution >= 4 is 0 Å². The van der Waals surface area contributed by atoms with E-state index in [4.69, 9.17) is 10.5 Å². The minimum Gasteiger partial charge on any atom is -0.380 e. The van der Waals surface area contributed by atoms with E-state index in [1.54, 1.807) is 0 Å². The number of ether oxygens (including phenoxy) is 1. The first kappa shape index (κ1) is 15.9. The summed E-state index contributed by atoms with van der Waals surface area (Å²) in [7, 11) is 2.19. The molecule has 0 heterocycles. The molecule has 2 N–H and O–H groups in total. The van der Waals surface area contributed by atoms with Gasteiger partial charge in [0.05, 0.1) is 6.61 Å². The Labute approximate surface area is 113 Å². The van der Waals surface area contributed by atoms with E-state index in [0.717, 1.165) is 32.2 Å². The largest absolute Gasteiger partial charge is 0.380 e. The first-order valence-corrected chi connectivity index (χ1v) is 7.69. The van der Waals surface area contributed by atoms with E-state index in [9.17, 15) is 0 Å². The van der Waals surface area contributed by atoms with Crippen molar-refractivity contribution < 1.29 is 4.74 Å². The molecule has 0 aromatic carbocycles. The van der Waals surface area contributed by atoms with Crippen molar-refractivity contribution in [3.8, 4) is 0 Å². The van der Waals surface area contributed by atoms with E-state index in [-0.39, 0.29) is 0 Å². The molecule has 3 atom stereocenters. The summed E-state index contributed by atoms with van der Waals surface area (Å²) in [5.74, 6) is 1.60. The van der Waals surface area contributed by atoms with Gasteiger partial charge in [-0.15, -0.1) is 0 Å². The second-order valence-corrected chi connectivity index (χ2v) is 5.85. The topological polar surface area (TPSA) is 38.5 Å². The van der Waals surface area contributed by atoms with Gasteiger partial charge in [-0.05, 0) is 45.1 Å². The highest BCUT2D eigenvalue weighted by molar-refractivity contribution is 4.84. The Kier molecular flexibility index (Phi) is 7.87. The first-order chi connectivity index (χ1) is 8.67. The zero-order valence-electron chi connectivity index (χ0n) is 12.5. The lowest BCUT2D eigenvalue weighted by atomic mass is 9.76. The van der Waals surface area contributed by atoms with Gasteiger partial charge in [-0.1, -0.05) is 19.8 Å². The van der Waals surface area contributed by atoms with Crippen LogP contribution in [0, 0.1) is 11.8 Å². The fourth-order valence-corrected chi connectivity index (χ4v) is 3.12. The van der Waals surface area contributed by atoms with Gasteiger partial charge in [0.15, 0.2) is 0 Å². The van der Waals surface area contributed by atoms with E-state index in [1.807, 2.05) is 6.92 Å². The quantitative estimate of drug-likeness (QED) is 0.678. The third kappa shape index (κ3) is 5.68. The SMILES string of the molecule is CCCC1CCC(N)C(CN(C)CCOCC)C1. The average molecular weight is 256 g/mol. The minimum absolute atomic E-state index is 0.410. The molecule has 3 unspecified atom stereocenters. The van der Waals surface area contributed by atoms with Crippen LogP contribution in [0.1, 0.15) is 46.0 Å². The standard InChI is InChI=1S/C15H32N2O/c1-4-6-13-7-8-15(16)14(11-13)12-17(3)9-10-18-5-2/h13-15H,4-12,16H2,1-3H3. The molecule has 1 saturated carbocycles. The third-order valence-corrected chi connectivity index (χ3v) is 4.21. The maximum absolute atomic E-state index is 6.28. The van der Waals surface area contributed by atoms with E-state index in [2.05, 4.69) is 18.9 Å². The van der Waals surface area contributed by atoms with Gasteiger partial charge in [0.25, 0.3) is 0 Å². The molecule has 0 aromatic rings. The highest BCUT2D eigenvalue weighted by atomic mass is 16.5. The van der Waals surface area contributed by atoms with Crippen LogP contribution in [-0.4, -0.2) is 44.3 Å². The van der Waals surface area contributed by atoms with Crippen molar-refractivity contribution in [2.45, 2.75) is 52.0 Å². The smallest absolute Gasteiger partial charge is 0.0593 e. The maximum Gasteiger partial charge on any atom is 0.0593 e. The minimum atomic E-state index is 0.410. The molecule has 3 nitrogen and oxygen atoms in total. The number of likely N-dealkylation sites (N-methyl/N-ethyl adjacent to an activating group) is 1. The van der Waals surface area contributed by atoms with E-state index < -0.39 is 0 Å². The second kappa shape index (κ2) is 8.89. The van der Waals surface area contributed by atoms with Crippen LogP contribution in [0.3, 0.4) is 0 Å². The van der Waals surface area contributed by atoms with Gasteiger partial charge in [0.2, 0.25) is 0 Å². The summed E-state index contributed by atoms with van der Waals surface area (Å²) in [5.41, 5.74) is 6.28. The van der Waals surface area contributed by atoms with Crippen LogP contribution in [0.25, 0.3) is 0 Å². The Balaban J connectivity index is 2.28. The lowest BCUT2D eigenvalue weighted by Crippen LogP contribution is -2.42. The number of nitrogens with two attached hydrogens (primary N) is 1. The van der Waals surface area contributed by atoms with Gasteiger partial charge in [0.1, 0.15) is 0 Å². The molecular weight excluding hydrogens is 224 g/mol. The fourth-order valence-electron chi connectivity index (χ4n) is 3.12. The molecular formula is C15H32N2O. The van der Waals surface area contributed by atoms with Crippen molar-refractivity contribution in [1.29, 1.82) is 0 Å². The van der Waals surface area contributed by atoms with Gasteiger partial charge in [0, 0.05) is 25.7 Å². The van der Waals surface area contributed by atoms with Gasteiger partial charge in [-0.2, -0.15) is 0 Å². The van der Waals surface area contributed by atoms with Crippen molar-refractivity contribution in [2.24, 2.45) is 17.6 Å². The monoisotopic (exact) mass is 256 g/mol. The molecule has 0 radical (unpaired) electrons. The Morgan fingerprint density at radius 3 is 2.72 bits per heavy atom. The summed E-state index contributed by atoms with van der Waals surface area (Å²) in [6.07, 6.45) is 6.58. The molecule has 108 valence electrons. The molecule has 1 aliphatic carbocycles. The predicted octanol–water partition coefficient (Wildman–Crippen LogP) is 2.50. The molecule has 18 heavy (non-hydrogen) atoms. The summed E-state index contributed by atoms with van der Waals surface area (Å²) in [4.78, 5) is 2.38. The summed E-state index contributed by atoms with van der Waals surface area (Å²) >= 11 is 0. The van der Waals surface area contributed by atoms with Gasteiger partial charge < -0.3 is 15.4 Å². The van der Waals surface area contributed by atoms with Crippen LogP contribution >= 0.6 is 0 Å². The molecule has 0 aromatic heterocycles. The number of rotatable bonds is 8. The number of nitrogens with zero attached hydrogens (tertiary/aromatic N) is 1. The van der Waals surface area contributed by atoms with Crippen LogP contribution in [-0.2, 0) is 4.74 Å². The predicted molar refractivity (Wildman–Crippen MR) is 77.7 cm³/mol. The van der Waals surface area contributed by atoms with Gasteiger partial charge >= 0.3 is 0 Å². The number of hydrogen-bond donors (Lipinski definition) is 1. The molecule has 0 saturated heterocycles. The lowest BCUT2D eigenvalue weighted by Gasteiger charge is -2.36. The van der Waals surface area contributed by atoms with E-state index in [1.165, 1.54) is 32.1 Å². The highest BCUT2D eigenvalue weighted by Crippen LogP contribution is 2.31. The zero-order valence-corrected chi connectivity index (χ0v) is 12.5. The number of hydrogen-bond acceptors (Lipinski definition) is 3. The molecule has 0 amide bonds. The van der Waals surface area contributed by atoms with Crippen molar-refractivity contribution in [2.75, 3.05) is 33.4 Å².